The summed E-state index contributed by atoms with van der Waals surface area (Å²) < 4.78 is 0. The van der Waals surface area contributed by atoms with Gasteiger partial charge in [0, 0.05) is 12.1 Å². The van der Waals surface area contributed by atoms with E-state index in [-0.39, 0.29) is 0 Å². The Hall–Kier alpha value is -0.860. The molecular formula is C16H26N2. The largest absolute Gasteiger partial charge is 0.314 e. The van der Waals surface area contributed by atoms with Crippen molar-refractivity contribution in [1.82, 2.24) is 10.6 Å². The van der Waals surface area contributed by atoms with Crippen LogP contribution in [-0.2, 0) is 0 Å². The van der Waals surface area contributed by atoms with E-state index in [0.29, 0.717) is 12.1 Å². The molecular weight excluding hydrogens is 220 g/mol. The van der Waals surface area contributed by atoms with Crippen molar-refractivity contribution in [2.24, 2.45) is 0 Å². The number of hydrogen-bond acceptors (Lipinski definition) is 2. The second-order valence-corrected chi connectivity index (χ2v) is 5.57. The van der Waals surface area contributed by atoms with Crippen LogP contribution in [0.25, 0.3) is 0 Å². The zero-order valence-electron chi connectivity index (χ0n) is 11.9. The van der Waals surface area contributed by atoms with E-state index in [1.165, 1.54) is 48.9 Å². The zero-order valence-corrected chi connectivity index (χ0v) is 11.9. The Kier molecular flexibility index (Phi) is 4.79. The molecule has 0 radical (unpaired) electrons. The summed E-state index contributed by atoms with van der Waals surface area (Å²) in [5.41, 5.74) is 4.20. The average Bonchev–Trinajstić information content (AvgIpc) is 2.40. The molecule has 1 aliphatic heterocycles. The monoisotopic (exact) mass is 246 g/mol. The van der Waals surface area contributed by atoms with Gasteiger partial charge in [-0.05, 0) is 63.4 Å². The maximum atomic E-state index is 3.64. The lowest BCUT2D eigenvalue weighted by Crippen LogP contribution is -2.37. The summed E-state index contributed by atoms with van der Waals surface area (Å²) in [7, 11) is 2.07. The Labute approximate surface area is 111 Å². The van der Waals surface area contributed by atoms with Crippen LogP contribution in [-0.4, -0.2) is 19.6 Å². The second kappa shape index (κ2) is 6.35. The van der Waals surface area contributed by atoms with Crippen LogP contribution in [0.2, 0.25) is 0 Å². The molecule has 1 fully saturated rings. The van der Waals surface area contributed by atoms with Crippen LogP contribution in [0.3, 0.4) is 0 Å². The maximum absolute atomic E-state index is 3.64. The van der Waals surface area contributed by atoms with Gasteiger partial charge in [0.05, 0.1) is 0 Å². The number of hydrogen-bond donors (Lipinski definition) is 2. The molecule has 2 atom stereocenters. The molecule has 0 amide bonds. The second-order valence-electron chi connectivity index (χ2n) is 5.57. The Morgan fingerprint density at radius 1 is 1.28 bits per heavy atom. The lowest BCUT2D eigenvalue weighted by atomic mass is 9.93. The van der Waals surface area contributed by atoms with Crippen molar-refractivity contribution in [2.75, 3.05) is 13.6 Å². The van der Waals surface area contributed by atoms with Gasteiger partial charge in [0.15, 0.2) is 0 Å². The first-order chi connectivity index (χ1) is 8.70. The van der Waals surface area contributed by atoms with Gasteiger partial charge in [0.25, 0.3) is 0 Å². The number of benzene rings is 1. The van der Waals surface area contributed by atoms with Gasteiger partial charge < -0.3 is 10.6 Å². The van der Waals surface area contributed by atoms with Crippen molar-refractivity contribution >= 4 is 0 Å². The Balaban J connectivity index is 2.04. The van der Waals surface area contributed by atoms with E-state index < -0.39 is 0 Å². The Morgan fingerprint density at radius 3 is 2.72 bits per heavy atom. The highest BCUT2D eigenvalue weighted by atomic mass is 14.9. The lowest BCUT2D eigenvalue weighted by Gasteiger charge is -2.28. The van der Waals surface area contributed by atoms with Crippen LogP contribution in [0, 0.1) is 13.8 Å². The van der Waals surface area contributed by atoms with Crippen LogP contribution in [0.5, 0.6) is 0 Å². The molecule has 2 N–H and O–H groups in total. The Bertz CT molecular complexity index is 381. The van der Waals surface area contributed by atoms with E-state index >= 15 is 0 Å². The SMILES string of the molecule is CNC(CC1CCCCN1)c1ccc(C)c(C)c1. The number of rotatable bonds is 4. The predicted molar refractivity (Wildman–Crippen MR) is 78.0 cm³/mol. The van der Waals surface area contributed by atoms with Gasteiger partial charge in [-0.15, -0.1) is 0 Å². The number of piperidine rings is 1. The maximum Gasteiger partial charge on any atom is 0.0332 e. The fraction of sp³-hybridized carbons (Fsp3) is 0.625. The van der Waals surface area contributed by atoms with Gasteiger partial charge in [0.2, 0.25) is 0 Å². The highest BCUT2D eigenvalue weighted by Gasteiger charge is 2.18. The predicted octanol–water partition coefficient (Wildman–Crippen LogP) is 3.10. The summed E-state index contributed by atoms with van der Waals surface area (Å²) in [6, 6.07) is 7.99. The molecule has 1 aromatic carbocycles. The molecule has 100 valence electrons. The third-order valence-electron chi connectivity index (χ3n) is 4.21. The van der Waals surface area contributed by atoms with Crippen LogP contribution < -0.4 is 10.6 Å². The summed E-state index contributed by atoms with van der Waals surface area (Å²) in [5, 5.41) is 7.11. The van der Waals surface area contributed by atoms with Gasteiger partial charge in [0.1, 0.15) is 0 Å². The fourth-order valence-electron chi connectivity index (χ4n) is 2.81. The standard InChI is InChI=1S/C16H26N2/c1-12-7-8-14(10-13(12)2)16(17-3)11-15-6-4-5-9-18-15/h7-8,10,15-18H,4-6,9,11H2,1-3H3. The van der Waals surface area contributed by atoms with Crippen molar-refractivity contribution in [3.63, 3.8) is 0 Å². The molecule has 1 heterocycles. The normalized spacial score (nSPS) is 21.8. The van der Waals surface area contributed by atoms with E-state index in [2.05, 4.69) is 49.7 Å². The topological polar surface area (TPSA) is 24.1 Å². The summed E-state index contributed by atoms with van der Waals surface area (Å²) >= 11 is 0. The zero-order chi connectivity index (χ0) is 13.0. The van der Waals surface area contributed by atoms with E-state index in [0.717, 1.165) is 0 Å². The minimum absolute atomic E-state index is 0.472. The highest BCUT2D eigenvalue weighted by Crippen LogP contribution is 2.23. The third-order valence-corrected chi connectivity index (χ3v) is 4.21. The van der Waals surface area contributed by atoms with Crippen molar-refractivity contribution < 1.29 is 0 Å². The quantitative estimate of drug-likeness (QED) is 0.853. The molecule has 2 unspecified atom stereocenters. The van der Waals surface area contributed by atoms with E-state index in [1.54, 1.807) is 0 Å². The summed E-state index contributed by atoms with van der Waals surface area (Å²) in [5.74, 6) is 0. The van der Waals surface area contributed by atoms with E-state index in [1.807, 2.05) is 0 Å². The first kappa shape index (κ1) is 13.6. The van der Waals surface area contributed by atoms with Crippen LogP contribution in [0.4, 0.5) is 0 Å². The van der Waals surface area contributed by atoms with Crippen molar-refractivity contribution in [3.8, 4) is 0 Å². The molecule has 0 aliphatic carbocycles. The molecule has 0 aromatic heterocycles. The summed E-state index contributed by atoms with van der Waals surface area (Å²) in [6.07, 6.45) is 5.23. The minimum atomic E-state index is 0.472. The number of nitrogens with one attached hydrogen (secondary N) is 2. The molecule has 2 rings (SSSR count). The molecule has 1 aromatic rings. The average molecular weight is 246 g/mol. The van der Waals surface area contributed by atoms with E-state index in [9.17, 15) is 0 Å². The smallest absolute Gasteiger partial charge is 0.0332 e. The molecule has 1 aliphatic rings. The third kappa shape index (κ3) is 3.33. The Morgan fingerprint density at radius 2 is 2.11 bits per heavy atom. The van der Waals surface area contributed by atoms with Gasteiger partial charge in [-0.2, -0.15) is 0 Å². The van der Waals surface area contributed by atoms with Crippen molar-refractivity contribution in [2.45, 2.75) is 51.6 Å². The van der Waals surface area contributed by atoms with E-state index in [4.69, 9.17) is 0 Å². The van der Waals surface area contributed by atoms with Gasteiger partial charge in [-0.1, -0.05) is 24.6 Å². The lowest BCUT2D eigenvalue weighted by molar-refractivity contribution is 0.347. The van der Waals surface area contributed by atoms with Gasteiger partial charge >= 0.3 is 0 Å². The molecule has 0 saturated carbocycles. The molecule has 0 spiro atoms. The first-order valence-corrected chi connectivity index (χ1v) is 7.18. The minimum Gasteiger partial charge on any atom is -0.314 e. The van der Waals surface area contributed by atoms with Crippen molar-refractivity contribution in [3.05, 3.63) is 34.9 Å². The molecule has 2 heteroatoms. The van der Waals surface area contributed by atoms with Crippen LogP contribution in [0.1, 0.15) is 48.4 Å². The molecule has 1 saturated heterocycles. The molecule has 2 nitrogen and oxygen atoms in total. The molecule has 0 bridgehead atoms. The van der Waals surface area contributed by atoms with Gasteiger partial charge in [-0.3, -0.25) is 0 Å². The summed E-state index contributed by atoms with van der Waals surface area (Å²) in [6.45, 7) is 5.56. The fourth-order valence-corrected chi connectivity index (χ4v) is 2.81. The van der Waals surface area contributed by atoms with Crippen LogP contribution in [0.15, 0.2) is 18.2 Å². The molecule has 18 heavy (non-hydrogen) atoms. The van der Waals surface area contributed by atoms with Crippen molar-refractivity contribution in [1.29, 1.82) is 0 Å². The number of aryl methyl sites for hydroxylation is 2. The first-order valence-electron chi connectivity index (χ1n) is 7.18. The highest BCUT2D eigenvalue weighted by molar-refractivity contribution is 5.31. The van der Waals surface area contributed by atoms with Crippen LogP contribution >= 0.6 is 0 Å². The summed E-state index contributed by atoms with van der Waals surface area (Å²) in [4.78, 5) is 0. The van der Waals surface area contributed by atoms with Gasteiger partial charge in [-0.25, -0.2) is 0 Å².